The number of halogens is 1. The highest BCUT2D eigenvalue weighted by Gasteiger charge is 2.22. The maximum absolute atomic E-state index is 13.0. The summed E-state index contributed by atoms with van der Waals surface area (Å²) >= 11 is 0. The topological polar surface area (TPSA) is 58.4 Å². The molecule has 6 heteroatoms. The van der Waals surface area contributed by atoms with Gasteiger partial charge in [0.05, 0.1) is 6.54 Å². The first-order valence-corrected chi connectivity index (χ1v) is 9.47. The molecular weight excluding hydrogens is 357 g/mol. The molecule has 0 atom stereocenters. The summed E-state index contributed by atoms with van der Waals surface area (Å²) in [7, 11) is 0. The number of nitrogens with zero attached hydrogens (tertiary/aromatic N) is 2. The predicted octanol–water partition coefficient (Wildman–Crippen LogP) is 3.88. The molecule has 0 radical (unpaired) electrons. The van der Waals surface area contributed by atoms with Crippen LogP contribution in [0.1, 0.15) is 29.0 Å². The Morgan fingerprint density at radius 1 is 1.11 bits per heavy atom. The molecule has 3 aromatic rings. The molecule has 5 nitrogen and oxygen atoms in total. The van der Waals surface area contributed by atoms with Crippen molar-refractivity contribution in [3.05, 3.63) is 77.8 Å². The van der Waals surface area contributed by atoms with E-state index in [1.54, 1.807) is 0 Å². The van der Waals surface area contributed by atoms with Crippen LogP contribution in [0.15, 0.2) is 65.2 Å². The number of benzene rings is 2. The van der Waals surface area contributed by atoms with E-state index in [1.165, 1.54) is 24.3 Å². The molecule has 1 aliphatic heterocycles. The van der Waals surface area contributed by atoms with Crippen LogP contribution < -0.4 is 5.32 Å². The second kappa shape index (κ2) is 8.35. The second-order valence-corrected chi connectivity index (χ2v) is 7.08. The van der Waals surface area contributed by atoms with E-state index in [0.717, 1.165) is 42.9 Å². The van der Waals surface area contributed by atoms with Crippen molar-refractivity contribution in [1.82, 2.24) is 15.4 Å². The number of amides is 1. The van der Waals surface area contributed by atoms with E-state index in [9.17, 15) is 9.18 Å². The summed E-state index contributed by atoms with van der Waals surface area (Å²) in [6.45, 7) is 2.45. The van der Waals surface area contributed by atoms with Crippen LogP contribution in [-0.2, 0) is 6.54 Å². The predicted molar refractivity (Wildman–Crippen MR) is 104 cm³/mol. The van der Waals surface area contributed by atoms with Crippen LogP contribution in [-0.4, -0.2) is 35.1 Å². The van der Waals surface area contributed by atoms with Crippen molar-refractivity contribution in [3.63, 3.8) is 0 Å². The van der Waals surface area contributed by atoms with Crippen LogP contribution in [0, 0.1) is 5.82 Å². The van der Waals surface area contributed by atoms with Gasteiger partial charge in [-0.2, -0.15) is 0 Å². The Morgan fingerprint density at radius 3 is 2.54 bits per heavy atom. The third-order valence-corrected chi connectivity index (χ3v) is 5.04. The molecular formula is C22H22FN3O2. The van der Waals surface area contributed by atoms with Gasteiger partial charge in [0.1, 0.15) is 11.5 Å². The lowest BCUT2D eigenvalue weighted by molar-refractivity contribution is 0.0905. The van der Waals surface area contributed by atoms with Crippen molar-refractivity contribution >= 4 is 5.91 Å². The number of nitrogens with one attached hydrogen (secondary N) is 1. The monoisotopic (exact) mass is 379 g/mol. The quantitative estimate of drug-likeness (QED) is 0.731. The highest BCUT2D eigenvalue weighted by atomic mass is 19.1. The highest BCUT2D eigenvalue weighted by Crippen LogP contribution is 2.21. The number of hydrogen-bond donors (Lipinski definition) is 1. The highest BCUT2D eigenvalue weighted by molar-refractivity contribution is 5.94. The Morgan fingerprint density at radius 2 is 1.82 bits per heavy atom. The molecule has 0 saturated carbocycles. The second-order valence-electron chi connectivity index (χ2n) is 7.08. The van der Waals surface area contributed by atoms with E-state index in [0.29, 0.717) is 12.1 Å². The summed E-state index contributed by atoms with van der Waals surface area (Å²) in [5.74, 6) is 0.349. The number of piperidine rings is 1. The van der Waals surface area contributed by atoms with E-state index in [1.807, 2.05) is 36.4 Å². The fraction of sp³-hybridized carbons (Fsp3) is 0.273. The largest absolute Gasteiger partial charge is 0.359 e. The van der Waals surface area contributed by atoms with Crippen LogP contribution in [0.25, 0.3) is 11.3 Å². The minimum Gasteiger partial charge on any atom is -0.359 e. The van der Waals surface area contributed by atoms with Crippen molar-refractivity contribution in [2.75, 3.05) is 13.1 Å². The van der Waals surface area contributed by atoms with E-state index in [4.69, 9.17) is 4.52 Å². The third kappa shape index (κ3) is 4.46. The molecule has 28 heavy (non-hydrogen) atoms. The van der Waals surface area contributed by atoms with Gasteiger partial charge < -0.3 is 9.84 Å². The average Bonchev–Trinajstić information content (AvgIpc) is 3.19. The Kier molecular flexibility index (Phi) is 5.48. The minimum absolute atomic E-state index is 0.128. The normalized spacial score (nSPS) is 15.5. The lowest BCUT2D eigenvalue weighted by Crippen LogP contribution is -2.44. The van der Waals surface area contributed by atoms with E-state index >= 15 is 0 Å². The van der Waals surface area contributed by atoms with Crippen molar-refractivity contribution in [2.24, 2.45) is 0 Å². The first-order chi connectivity index (χ1) is 13.7. The van der Waals surface area contributed by atoms with Gasteiger partial charge in [-0.3, -0.25) is 9.69 Å². The molecule has 2 aromatic carbocycles. The molecule has 144 valence electrons. The van der Waals surface area contributed by atoms with Gasteiger partial charge in [0, 0.05) is 36.3 Å². The first kappa shape index (κ1) is 18.4. The fourth-order valence-corrected chi connectivity index (χ4v) is 3.46. The summed E-state index contributed by atoms with van der Waals surface area (Å²) < 4.78 is 18.5. The summed E-state index contributed by atoms with van der Waals surface area (Å²) in [5.41, 5.74) is 2.37. The number of hydrogen-bond acceptors (Lipinski definition) is 4. The summed E-state index contributed by atoms with van der Waals surface area (Å²) in [4.78, 5) is 14.6. The zero-order chi connectivity index (χ0) is 19.3. The van der Waals surface area contributed by atoms with E-state index < -0.39 is 0 Å². The lowest BCUT2D eigenvalue weighted by Gasteiger charge is -2.31. The number of carbonyl (C=O) groups excluding carboxylic acids is 1. The number of aromatic nitrogens is 1. The van der Waals surface area contributed by atoms with E-state index in [2.05, 4.69) is 15.4 Å². The van der Waals surface area contributed by atoms with Crippen LogP contribution in [0.5, 0.6) is 0 Å². The van der Waals surface area contributed by atoms with Crippen molar-refractivity contribution in [3.8, 4) is 11.3 Å². The Hall–Kier alpha value is -2.99. The molecule has 4 rings (SSSR count). The average molecular weight is 379 g/mol. The van der Waals surface area contributed by atoms with Gasteiger partial charge in [0.2, 0.25) is 0 Å². The summed E-state index contributed by atoms with van der Waals surface area (Å²) in [6.07, 6.45) is 1.74. The lowest BCUT2D eigenvalue weighted by atomic mass is 10.0. The van der Waals surface area contributed by atoms with Crippen molar-refractivity contribution in [2.45, 2.75) is 25.4 Å². The molecule has 0 spiro atoms. The number of likely N-dealkylation sites (tertiary alicyclic amines) is 1. The number of carbonyl (C=O) groups is 1. The molecule has 1 fully saturated rings. The maximum atomic E-state index is 13.0. The molecule has 1 N–H and O–H groups in total. The van der Waals surface area contributed by atoms with Crippen LogP contribution in [0.3, 0.4) is 0 Å². The molecule has 0 bridgehead atoms. The van der Waals surface area contributed by atoms with Crippen LogP contribution in [0.2, 0.25) is 0 Å². The van der Waals surface area contributed by atoms with Crippen LogP contribution >= 0.6 is 0 Å². The van der Waals surface area contributed by atoms with Gasteiger partial charge in [0.25, 0.3) is 5.91 Å². The molecule has 2 heterocycles. The van der Waals surface area contributed by atoms with Gasteiger partial charge in [-0.15, -0.1) is 0 Å². The van der Waals surface area contributed by atoms with Crippen molar-refractivity contribution in [1.29, 1.82) is 0 Å². The smallest absolute Gasteiger partial charge is 0.251 e. The molecule has 1 aromatic heterocycles. The van der Waals surface area contributed by atoms with Crippen LogP contribution in [0.4, 0.5) is 4.39 Å². The van der Waals surface area contributed by atoms with Gasteiger partial charge in [-0.25, -0.2) is 4.39 Å². The molecule has 0 aliphatic carbocycles. The maximum Gasteiger partial charge on any atom is 0.251 e. The Balaban J connectivity index is 1.27. The Labute approximate surface area is 163 Å². The molecule has 1 saturated heterocycles. The molecule has 1 amide bonds. The van der Waals surface area contributed by atoms with Gasteiger partial charge in [0.15, 0.2) is 5.76 Å². The minimum atomic E-state index is -0.340. The molecule has 1 aliphatic rings. The van der Waals surface area contributed by atoms with E-state index in [-0.39, 0.29) is 17.8 Å². The SMILES string of the molecule is O=C(NC1CCN(Cc2cc(-c3ccccc3)no2)CC1)c1ccc(F)cc1. The summed E-state index contributed by atoms with van der Waals surface area (Å²) in [6, 6.07) is 17.7. The number of rotatable bonds is 5. The first-order valence-electron chi connectivity index (χ1n) is 9.47. The molecule has 0 unspecified atom stereocenters. The summed E-state index contributed by atoms with van der Waals surface area (Å²) in [5, 5.41) is 7.20. The van der Waals surface area contributed by atoms with Crippen molar-refractivity contribution < 1.29 is 13.7 Å². The van der Waals surface area contributed by atoms with Gasteiger partial charge in [-0.05, 0) is 37.1 Å². The fourth-order valence-electron chi connectivity index (χ4n) is 3.46. The zero-order valence-electron chi connectivity index (χ0n) is 15.5. The van der Waals surface area contributed by atoms with Gasteiger partial charge in [-0.1, -0.05) is 35.5 Å². The third-order valence-electron chi connectivity index (χ3n) is 5.04. The Bertz CT molecular complexity index is 916. The van der Waals surface area contributed by atoms with Gasteiger partial charge >= 0.3 is 0 Å². The zero-order valence-corrected chi connectivity index (χ0v) is 15.5. The standard InChI is InChI=1S/C22H22FN3O2/c23-18-8-6-17(7-9-18)22(27)24-19-10-12-26(13-11-19)15-20-14-21(25-28-20)16-4-2-1-3-5-16/h1-9,14,19H,10-13,15H2,(H,24,27).